The molecule has 0 radical (unpaired) electrons. The van der Waals surface area contributed by atoms with Crippen molar-refractivity contribution >= 4 is 17.5 Å². The first-order valence-corrected chi connectivity index (χ1v) is 9.52. The van der Waals surface area contributed by atoms with Crippen molar-refractivity contribution in [3.05, 3.63) is 36.5 Å². The molecule has 1 aromatic carbocycles. The van der Waals surface area contributed by atoms with E-state index in [1.165, 1.54) is 0 Å². The standard InChI is InChI=1S/C20H25N5O4/c1-25(2)13-5-3-12(4-6-13)14-7-8-22-20(23-14)24-15-9-28-19-16(10-29-18(15)19)27-11-17(21)26/h3-8,15-16,18-19H,9-11H2,1-2H3,(H2,21,26)(H,22,23,24). The van der Waals surface area contributed by atoms with E-state index >= 15 is 0 Å². The van der Waals surface area contributed by atoms with Crippen LogP contribution in [0.4, 0.5) is 11.6 Å². The summed E-state index contributed by atoms with van der Waals surface area (Å²) in [4.78, 5) is 22.0. The molecule has 3 N–H and O–H groups in total. The average molecular weight is 399 g/mol. The highest BCUT2D eigenvalue weighted by molar-refractivity contribution is 5.75. The van der Waals surface area contributed by atoms with Gasteiger partial charge >= 0.3 is 0 Å². The second-order valence-electron chi connectivity index (χ2n) is 7.37. The zero-order valence-corrected chi connectivity index (χ0v) is 16.4. The second kappa shape index (κ2) is 8.32. The molecule has 4 atom stereocenters. The van der Waals surface area contributed by atoms with E-state index in [0.29, 0.717) is 19.2 Å². The molecule has 2 aliphatic rings. The van der Waals surface area contributed by atoms with Gasteiger partial charge < -0.3 is 30.2 Å². The van der Waals surface area contributed by atoms with Gasteiger partial charge in [-0.25, -0.2) is 9.97 Å². The Balaban J connectivity index is 1.42. The highest BCUT2D eigenvalue weighted by atomic mass is 16.6. The van der Waals surface area contributed by atoms with Gasteiger partial charge in [0.25, 0.3) is 0 Å². The summed E-state index contributed by atoms with van der Waals surface area (Å²) in [6, 6.07) is 9.96. The molecule has 2 saturated heterocycles. The molecule has 4 unspecified atom stereocenters. The monoisotopic (exact) mass is 399 g/mol. The van der Waals surface area contributed by atoms with Crippen LogP contribution in [0, 0.1) is 0 Å². The van der Waals surface area contributed by atoms with Crippen LogP contribution in [0.25, 0.3) is 11.3 Å². The molecule has 0 saturated carbocycles. The van der Waals surface area contributed by atoms with Gasteiger partial charge in [-0.2, -0.15) is 0 Å². The number of aromatic nitrogens is 2. The zero-order valence-electron chi connectivity index (χ0n) is 16.4. The van der Waals surface area contributed by atoms with E-state index in [0.717, 1.165) is 16.9 Å². The van der Waals surface area contributed by atoms with Crippen LogP contribution in [0.3, 0.4) is 0 Å². The molecule has 0 bridgehead atoms. The summed E-state index contributed by atoms with van der Waals surface area (Å²) in [5, 5.41) is 3.31. The average Bonchev–Trinajstić information content (AvgIpc) is 3.30. The van der Waals surface area contributed by atoms with E-state index in [4.69, 9.17) is 19.9 Å². The number of ether oxygens (including phenoxy) is 3. The molecule has 154 valence electrons. The number of carbonyl (C=O) groups is 1. The Morgan fingerprint density at radius 2 is 1.97 bits per heavy atom. The van der Waals surface area contributed by atoms with E-state index < -0.39 is 5.91 Å². The Morgan fingerprint density at radius 3 is 2.69 bits per heavy atom. The van der Waals surface area contributed by atoms with Crippen molar-refractivity contribution in [2.24, 2.45) is 5.73 Å². The van der Waals surface area contributed by atoms with Crippen molar-refractivity contribution < 1.29 is 19.0 Å². The number of nitrogens with two attached hydrogens (primary N) is 1. The lowest BCUT2D eigenvalue weighted by Gasteiger charge is -2.18. The highest BCUT2D eigenvalue weighted by Crippen LogP contribution is 2.30. The third-order valence-electron chi connectivity index (χ3n) is 5.10. The van der Waals surface area contributed by atoms with E-state index in [1.807, 2.05) is 32.3 Å². The number of anilines is 2. The van der Waals surface area contributed by atoms with Gasteiger partial charge in [0, 0.05) is 31.5 Å². The second-order valence-corrected chi connectivity index (χ2v) is 7.37. The smallest absolute Gasteiger partial charge is 0.243 e. The van der Waals surface area contributed by atoms with Gasteiger partial charge in [-0.15, -0.1) is 0 Å². The van der Waals surface area contributed by atoms with Crippen molar-refractivity contribution in [1.82, 2.24) is 9.97 Å². The van der Waals surface area contributed by atoms with E-state index in [2.05, 4.69) is 32.3 Å². The van der Waals surface area contributed by atoms with Crippen LogP contribution >= 0.6 is 0 Å². The Hall–Kier alpha value is -2.75. The molecule has 2 aliphatic heterocycles. The maximum atomic E-state index is 10.9. The number of amides is 1. The van der Waals surface area contributed by atoms with Gasteiger partial charge in [0.05, 0.1) is 24.9 Å². The molecular formula is C20H25N5O4. The molecule has 9 nitrogen and oxygen atoms in total. The number of carbonyl (C=O) groups excluding carboxylic acids is 1. The van der Waals surface area contributed by atoms with Crippen molar-refractivity contribution in [3.8, 4) is 11.3 Å². The van der Waals surface area contributed by atoms with Crippen LogP contribution in [0.2, 0.25) is 0 Å². The normalized spacial score (nSPS) is 25.6. The molecular weight excluding hydrogens is 374 g/mol. The molecule has 1 amide bonds. The number of benzene rings is 1. The molecule has 29 heavy (non-hydrogen) atoms. The van der Waals surface area contributed by atoms with Crippen molar-refractivity contribution in [3.63, 3.8) is 0 Å². The summed E-state index contributed by atoms with van der Waals surface area (Å²) in [6.45, 7) is 0.660. The number of hydrogen-bond acceptors (Lipinski definition) is 8. The first-order valence-electron chi connectivity index (χ1n) is 9.52. The molecule has 2 aromatic rings. The molecule has 9 heteroatoms. The van der Waals surface area contributed by atoms with Crippen molar-refractivity contribution in [1.29, 1.82) is 0 Å². The number of nitrogens with one attached hydrogen (secondary N) is 1. The van der Waals surface area contributed by atoms with Gasteiger partial charge in [-0.05, 0) is 18.2 Å². The maximum Gasteiger partial charge on any atom is 0.243 e. The number of hydrogen-bond donors (Lipinski definition) is 2. The summed E-state index contributed by atoms with van der Waals surface area (Å²) in [6.07, 6.45) is 0.987. The Bertz CT molecular complexity index is 860. The van der Waals surface area contributed by atoms with Gasteiger partial charge in [-0.3, -0.25) is 4.79 Å². The predicted molar refractivity (Wildman–Crippen MR) is 108 cm³/mol. The van der Waals surface area contributed by atoms with Crippen LogP contribution in [0.5, 0.6) is 0 Å². The van der Waals surface area contributed by atoms with Crippen LogP contribution in [0.15, 0.2) is 36.5 Å². The lowest BCUT2D eigenvalue weighted by molar-refractivity contribution is -0.126. The van der Waals surface area contributed by atoms with Crippen LogP contribution < -0.4 is 16.0 Å². The third-order valence-corrected chi connectivity index (χ3v) is 5.10. The van der Waals surface area contributed by atoms with E-state index in [9.17, 15) is 4.79 Å². The fraction of sp³-hybridized carbons (Fsp3) is 0.450. The highest BCUT2D eigenvalue weighted by Gasteiger charge is 2.48. The van der Waals surface area contributed by atoms with Crippen molar-refractivity contribution in [2.75, 3.05) is 44.1 Å². The van der Waals surface area contributed by atoms with Gasteiger partial charge in [-0.1, -0.05) is 12.1 Å². The minimum absolute atomic E-state index is 0.103. The molecule has 0 aliphatic carbocycles. The number of rotatable bonds is 7. The Morgan fingerprint density at radius 1 is 1.21 bits per heavy atom. The summed E-state index contributed by atoms with van der Waals surface area (Å²) in [5.74, 6) is 0.00323. The number of nitrogens with zero attached hydrogens (tertiary/aromatic N) is 3. The predicted octanol–water partition coefficient (Wildman–Crippen LogP) is 0.658. The fourth-order valence-electron chi connectivity index (χ4n) is 3.61. The van der Waals surface area contributed by atoms with Gasteiger partial charge in [0.2, 0.25) is 11.9 Å². The SMILES string of the molecule is CN(C)c1ccc(-c2ccnc(NC3COC4C(OCC(N)=O)COC34)n2)cc1. The Labute approximate surface area is 169 Å². The van der Waals surface area contributed by atoms with Crippen molar-refractivity contribution in [2.45, 2.75) is 24.4 Å². The van der Waals surface area contributed by atoms with Crippen LogP contribution in [-0.2, 0) is 19.0 Å². The van der Waals surface area contributed by atoms with Gasteiger partial charge in [0.1, 0.15) is 24.9 Å². The Kier molecular flexibility index (Phi) is 5.61. The molecule has 3 heterocycles. The lowest BCUT2D eigenvalue weighted by Crippen LogP contribution is -2.37. The first kappa shape index (κ1) is 19.6. The molecule has 0 spiro atoms. The van der Waals surface area contributed by atoms with E-state index in [-0.39, 0.29) is 31.0 Å². The third kappa shape index (κ3) is 4.31. The maximum absolute atomic E-state index is 10.9. The largest absolute Gasteiger partial charge is 0.378 e. The van der Waals surface area contributed by atoms with Gasteiger partial charge in [0.15, 0.2) is 0 Å². The summed E-state index contributed by atoms with van der Waals surface area (Å²) >= 11 is 0. The zero-order chi connectivity index (χ0) is 20.4. The quantitative estimate of drug-likeness (QED) is 0.698. The lowest BCUT2D eigenvalue weighted by atomic mass is 10.1. The van der Waals surface area contributed by atoms with Crippen LogP contribution in [-0.4, -0.2) is 74.1 Å². The summed E-state index contributed by atoms with van der Waals surface area (Å²) < 4.78 is 17.2. The molecule has 4 rings (SSSR count). The number of primary amides is 1. The molecule has 1 aromatic heterocycles. The topological polar surface area (TPSA) is 112 Å². The van der Waals surface area contributed by atoms with Crippen LogP contribution in [0.1, 0.15) is 0 Å². The summed E-state index contributed by atoms with van der Waals surface area (Å²) in [5.41, 5.74) is 8.12. The first-order chi connectivity index (χ1) is 14.0. The molecule has 2 fully saturated rings. The minimum Gasteiger partial charge on any atom is -0.378 e. The summed E-state index contributed by atoms with van der Waals surface area (Å²) in [7, 11) is 4.01. The number of fused-ring (bicyclic) bond motifs is 1. The fourth-order valence-corrected chi connectivity index (χ4v) is 3.61. The van der Waals surface area contributed by atoms with E-state index in [1.54, 1.807) is 6.20 Å². The minimum atomic E-state index is -0.509.